The minimum absolute atomic E-state index is 0.0393. The summed E-state index contributed by atoms with van der Waals surface area (Å²) >= 11 is 0. The lowest BCUT2D eigenvalue weighted by molar-refractivity contribution is -0.140. The molecule has 7 heteroatoms. The molecule has 0 aromatic heterocycles. The predicted octanol–water partition coefficient (Wildman–Crippen LogP) is 4.51. The third-order valence-corrected chi connectivity index (χ3v) is 6.52. The number of amides is 2. The van der Waals surface area contributed by atoms with E-state index < -0.39 is 24.0 Å². The van der Waals surface area contributed by atoms with Crippen LogP contribution in [0.4, 0.5) is 4.79 Å². The molecule has 2 N–H and O–H groups in total. The van der Waals surface area contributed by atoms with Crippen LogP contribution in [0.15, 0.2) is 48.5 Å². The van der Waals surface area contributed by atoms with Gasteiger partial charge >= 0.3 is 12.1 Å². The molecule has 1 aliphatic rings. The lowest BCUT2D eigenvalue weighted by Crippen LogP contribution is -2.49. The number of hydrogen-bond donors (Lipinski definition) is 2. The maximum Gasteiger partial charge on any atom is 0.407 e. The number of carboxylic acids is 1. The number of rotatable bonds is 10. The first kappa shape index (κ1) is 25.3. The molecule has 0 aliphatic heterocycles. The van der Waals surface area contributed by atoms with Crippen molar-refractivity contribution >= 4 is 18.0 Å². The van der Waals surface area contributed by atoms with Crippen molar-refractivity contribution in [3.63, 3.8) is 0 Å². The quantitative estimate of drug-likeness (QED) is 0.537. The second kappa shape index (κ2) is 11.2. The zero-order valence-electron chi connectivity index (χ0n) is 20.3. The van der Waals surface area contributed by atoms with E-state index in [0.29, 0.717) is 6.54 Å². The molecule has 3 rings (SSSR count). The molecule has 2 amide bonds. The third kappa shape index (κ3) is 5.58. The van der Waals surface area contributed by atoms with Crippen molar-refractivity contribution in [1.82, 2.24) is 10.2 Å². The first-order valence-corrected chi connectivity index (χ1v) is 11.9. The van der Waals surface area contributed by atoms with Gasteiger partial charge in [-0.25, -0.2) is 4.79 Å². The Morgan fingerprint density at radius 1 is 1.00 bits per heavy atom. The zero-order chi connectivity index (χ0) is 24.8. The number of carbonyl (C=O) groups excluding carboxylic acids is 2. The van der Waals surface area contributed by atoms with Crippen LogP contribution < -0.4 is 5.32 Å². The molecule has 7 nitrogen and oxygen atoms in total. The summed E-state index contributed by atoms with van der Waals surface area (Å²) in [6, 6.07) is 15.8. The Labute approximate surface area is 201 Å². The second-order valence-electron chi connectivity index (χ2n) is 9.09. The van der Waals surface area contributed by atoms with Crippen molar-refractivity contribution < 1.29 is 24.2 Å². The third-order valence-electron chi connectivity index (χ3n) is 6.52. The molecule has 0 heterocycles. The zero-order valence-corrected chi connectivity index (χ0v) is 20.3. The van der Waals surface area contributed by atoms with E-state index in [1.807, 2.05) is 45.0 Å². The highest BCUT2D eigenvalue weighted by atomic mass is 16.5. The van der Waals surface area contributed by atoms with Crippen molar-refractivity contribution in [2.24, 2.45) is 11.8 Å². The van der Waals surface area contributed by atoms with Crippen LogP contribution in [0.25, 0.3) is 11.1 Å². The van der Waals surface area contributed by atoms with Gasteiger partial charge in [0.15, 0.2) is 0 Å². The molecule has 182 valence electrons. The van der Waals surface area contributed by atoms with E-state index >= 15 is 0 Å². The van der Waals surface area contributed by atoms with Crippen molar-refractivity contribution in [2.75, 3.05) is 19.7 Å². The molecule has 0 saturated carbocycles. The Hall–Kier alpha value is -3.35. The summed E-state index contributed by atoms with van der Waals surface area (Å²) in [6.45, 7) is 8.20. The number of hydrogen-bond acceptors (Lipinski definition) is 4. The number of carbonyl (C=O) groups is 3. The Morgan fingerprint density at radius 3 is 2.06 bits per heavy atom. The maximum atomic E-state index is 13.1. The average Bonchev–Trinajstić information content (AvgIpc) is 3.11. The first-order valence-electron chi connectivity index (χ1n) is 11.9. The van der Waals surface area contributed by atoms with Gasteiger partial charge in [0.25, 0.3) is 0 Å². The predicted molar refractivity (Wildman–Crippen MR) is 131 cm³/mol. The highest BCUT2D eigenvalue weighted by Crippen LogP contribution is 2.44. The molecule has 0 fully saturated rings. The van der Waals surface area contributed by atoms with Gasteiger partial charge in [0.2, 0.25) is 5.91 Å². The van der Waals surface area contributed by atoms with Crippen LogP contribution >= 0.6 is 0 Å². The molecule has 0 saturated heterocycles. The van der Waals surface area contributed by atoms with Crippen LogP contribution in [0.2, 0.25) is 0 Å². The van der Waals surface area contributed by atoms with Gasteiger partial charge in [-0.15, -0.1) is 0 Å². The summed E-state index contributed by atoms with van der Waals surface area (Å²) < 4.78 is 5.63. The van der Waals surface area contributed by atoms with E-state index in [0.717, 1.165) is 22.3 Å². The molecule has 2 aromatic rings. The van der Waals surface area contributed by atoms with Gasteiger partial charge in [0, 0.05) is 25.0 Å². The van der Waals surface area contributed by atoms with Crippen LogP contribution in [0.1, 0.15) is 51.2 Å². The van der Waals surface area contributed by atoms with Crippen LogP contribution in [-0.2, 0) is 14.3 Å². The Balaban J connectivity index is 1.64. The van der Waals surface area contributed by atoms with E-state index in [1.54, 1.807) is 6.92 Å². The molecular formula is C27H34N2O5. The molecule has 1 aliphatic carbocycles. The second-order valence-corrected chi connectivity index (χ2v) is 9.09. The Bertz CT molecular complexity index is 990. The SMILES string of the molecule is CCN(CCC(=O)O)C(=O)C(C(C)C)C(C)NC(=O)OCC1c2ccccc2-c2ccccc21. The van der Waals surface area contributed by atoms with Crippen molar-refractivity contribution in [3.8, 4) is 11.1 Å². The van der Waals surface area contributed by atoms with E-state index in [9.17, 15) is 14.4 Å². The number of ether oxygens (including phenoxy) is 1. The van der Waals surface area contributed by atoms with Gasteiger partial charge in [0.1, 0.15) is 6.61 Å². The number of benzene rings is 2. The fourth-order valence-corrected chi connectivity index (χ4v) is 4.86. The lowest BCUT2D eigenvalue weighted by Gasteiger charge is -2.32. The molecule has 2 atom stereocenters. The average molecular weight is 467 g/mol. The Kier molecular flexibility index (Phi) is 8.31. The highest BCUT2D eigenvalue weighted by Gasteiger charge is 2.33. The summed E-state index contributed by atoms with van der Waals surface area (Å²) in [6.07, 6.45) is -0.681. The summed E-state index contributed by atoms with van der Waals surface area (Å²) in [5.41, 5.74) is 4.59. The minimum atomic E-state index is -0.947. The van der Waals surface area contributed by atoms with Gasteiger partial charge < -0.3 is 20.1 Å². The number of nitrogens with one attached hydrogen (secondary N) is 1. The molecular weight excluding hydrogens is 432 g/mol. The van der Waals surface area contributed by atoms with Gasteiger partial charge in [0.05, 0.1) is 12.3 Å². The van der Waals surface area contributed by atoms with E-state index in [-0.39, 0.29) is 37.3 Å². The van der Waals surface area contributed by atoms with Crippen LogP contribution in [0.5, 0.6) is 0 Å². The van der Waals surface area contributed by atoms with Gasteiger partial charge in [-0.05, 0) is 42.0 Å². The number of aliphatic carboxylic acids is 1. The monoisotopic (exact) mass is 466 g/mol. The molecule has 2 unspecified atom stereocenters. The fourth-order valence-electron chi connectivity index (χ4n) is 4.86. The van der Waals surface area contributed by atoms with E-state index in [2.05, 4.69) is 29.6 Å². The van der Waals surface area contributed by atoms with Gasteiger partial charge in [-0.3, -0.25) is 9.59 Å². The van der Waals surface area contributed by atoms with Crippen LogP contribution in [0.3, 0.4) is 0 Å². The highest BCUT2D eigenvalue weighted by molar-refractivity contribution is 5.81. The Morgan fingerprint density at radius 2 is 1.56 bits per heavy atom. The molecule has 34 heavy (non-hydrogen) atoms. The van der Waals surface area contributed by atoms with Crippen molar-refractivity contribution in [3.05, 3.63) is 59.7 Å². The topological polar surface area (TPSA) is 95.9 Å². The van der Waals surface area contributed by atoms with E-state index in [1.165, 1.54) is 4.90 Å². The van der Waals surface area contributed by atoms with E-state index in [4.69, 9.17) is 9.84 Å². The van der Waals surface area contributed by atoms with Gasteiger partial charge in [-0.1, -0.05) is 62.4 Å². The molecule has 0 spiro atoms. The fraction of sp³-hybridized carbons (Fsp3) is 0.444. The normalized spacial score (nSPS) is 14.1. The lowest BCUT2D eigenvalue weighted by atomic mass is 9.88. The number of alkyl carbamates (subject to hydrolysis) is 1. The summed E-state index contributed by atoms with van der Waals surface area (Å²) in [7, 11) is 0. The molecule has 0 radical (unpaired) electrons. The van der Waals surface area contributed by atoms with Crippen molar-refractivity contribution in [2.45, 2.75) is 46.1 Å². The minimum Gasteiger partial charge on any atom is -0.481 e. The number of carboxylic acid groups (broad SMARTS) is 1. The number of nitrogens with zero attached hydrogens (tertiary/aromatic N) is 1. The standard InChI is InChI=1S/C27H34N2O5/c1-5-29(15-14-24(30)31)26(32)25(17(2)3)18(4)28-27(33)34-16-23-21-12-8-6-10-19(21)20-11-7-9-13-22(20)23/h6-13,17-18,23,25H,5,14-16H2,1-4H3,(H,28,33)(H,30,31). The van der Waals surface area contributed by atoms with Crippen LogP contribution in [-0.4, -0.2) is 53.7 Å². The first-order chi connectivity index (χ1) is 16.2. The number of fused-ring (bicyclic) bond motifs is 3. The summed E-state index contributed by atoms with van der Waals surface area (Å²) in [4.78, 5) is 38.3. The van der Waals surface area contributed by atoms with Crippen LogP contribution in [0, 0.1) is 11.8 Å². The van der Waals surface area contributed by atoms with Gasteiger partial charge in [-0.2, -0.15) is 0 Å². The van der Waals surface area contributed by atoms with Crippen molar-refractivity contribution in [1.29, 1.82) is 0 Å². The maximum absolute atomic E-state index is 13.1. The summed E-state index contributed by atoms with van der Waals surface area (Å²) in [5, 5.41) is 11.8. The summed E-state index contributed by atoms with van der Waals surface area (Å²) in [5.74, 6) is -1.69. The largest absolute Gasteiger partial charge is 0.481 e. The molecule has 0 bridgehead atoms. The molecule has 2 aromatic carbocycles. The smallest absolute Gasteiger partial charge is 0.407 e.